The number of hydrogen-bond donors (Lipinski definition) is 1. The smallest absolute Gasteiger partial charge is 0.160 e. The number of methoxy groups -OCH3 is 1. The van der Waals surface area contributed by atoms with Gasteiger partial charge in [0.15, 0.2) is 5.75 Å². The average Bonchev–Trinajstić information content (AvgIpc) is 2.90. The standard InChI is InChI=1S/C16H21N3O/c1-3-10-19-16(15(20-2)11-18-19)13-8-9-17-14-7-5-4-6-12(13)14/h4-7,11,13,17H,3,8-10H2,1-2H3. The van der Waals surface area contributed by atoms with E-state index in [9.17, 15) is 0 Å². The highest BCUT2D eigenvalue weighted by atomic mass is 16.5. The monoisotopic (exact) mass is 271 g/mol. The number of anilines is 1. The van der Waals surface area contributed by atoms with Crippen LogP contribution in [0.5, 0.6) is 5.75 Å². The van der Waals surface area contributed by atoms with Crippen LogP contribution in [0.4, 0.5) is 5.69 Å². The molecule has 3 rings (SSSR count). The summed E-state index contributed by atoms with van der Waals surface area (Å²) in [5.41, 5.74) is 3.79. The van der Waals surface area contributed by atoms with Gasteiger partial charge >= 0.3 is 0 Å². The maximum atomic E-state index is 5.54. The number of nitrogens with one attached hydrogen (secondary N) is 1. The molecular weight excluding hydrogens is 250 g/mol. The van der Waals surface area contributed by atoms with Crippen molar-refractivity contribution < 1.29 is 4.74 Å². The topological polar surface area (TPSA) is 39.1 Å². The van der Waals surface area contributed by atoms with Crippen molar-refractivity contribution in [3.8, 4) is 5.75 Å². The lowest BCUT2D eigenvalue weighted by molar-refractivity contribution is 0.402. The van der Waals surface area contributed by atoms with E-state index in [0.29, 0.717) is 5.92 Å². The molecule has 0 saturated heterocycles. The van der Waals surface area contributed by atoms with E-state index in [4.69, 9.17) is 4.74 Å². The van der Waals surface area contributed by atoms with Crippen molar-refractivity contribution in [2.75, 3.05) is 19.0 Å². The second-order valence-corrected chi connectivity index (χ2v) is 5.18. The highest BCUT2D eigenvalue weighted by Gasteiger charge is 2.27. The van der Waals surface area contributed by atoms with Crippen LogP contribution >= 0.6 is 0 Å². The Kier molecular flexibility index (Phi) is 3.63. The lowest BCUT2D eigenvalue weighted by atomic mass is 9.88. The third-order valence-corrected chi connectivity index (χ3v) is 3.91. The third kappa shape index (κ3) is 2.15. The highest BCUT2D eigenvalue weighted by molar-refractivity contribution is 5.57. The SMILES string of the molecule is CCCn1ncc(OC)c1C1CCNc2ccccc21. The van der Waals surface area contributed by atoms with Crippen LogP contribution in [0.25, 0.3) is 0 Å². The summed E-state index contributed by atoms with van der Waals surface area (Å²) in [5, 5.41) is 7.97. The van der Waals surface area contributed by atoms with Gasteiger partial charge in [0.25, 0.3) is 0 Å². The second-order valence-electron chi connectivity index (χ2n) is 5.18. The Hall–Kier alpha value is -1.97. The molecule has 1 aliphatic rings. The molecule has 2 aromatic rings. The number of rotatable bonds is 4. The first-order valence-electron chi connectivity index (χ1n) is 7.27. The van der Waals surface area contributed by atoms with Crippen LogP contribution in [-0.2, 0) is 6.54 Å². The largest absolute Gasteiger partial charge is 0.493 e. The van der Waals surface area contributed by atoms with Gasteiger partial charge in [-0.05, 0) is 24.5 Å². The van der Waals surface area contributed by atoms with Gasteiger partial charge in [0.2, 0.25) is 0 Å². The molecule has 20 heavy (non-hydrogen) atoms. The van der Waals surface area contributed by atoms with Gasteiger partial charge in [-0.1, -0.05) is 25.1 Å². The fraction of sp³-hybridized carbons (Fsp3) is 0.438. The van der Waals surface area contributed by atoms with E-state index in [1.54, 1.807) is 7.11 Å². The Labute approximate surface area is 119 Å². The molecule has 1 atom stereocenters. The zero-order chi connectivity index (χ0) is 13.9. The number of ether oxygens (including phenoxy) is 1. The summed E-state index contributed by atoms with van der Waals surface area (Å²) < 4.78 is 7.64. The van der Waals surface area contributed by atoms with Crippen molar-refractivity contribution in [2.24, 2.45) is 0 Å². The summed E-state index contributed by atoms with van der Waals surface area (Å²) in [5.74, 6) is 1.26. The van der Waals surface area contributed by atoms with Gasteiger partial charge in [0.1, 0.15) is 0 Å². The summed E-state index contributed by atoms with van der Waals surface area (Å²) >= 11 is 0. The summed E-state index contributed by atoms with van der Waals surface area (Å²) in [6.45, 7) is 4.10. The normalized spacial score (nSPS) is 17.4. The minimum atomic E-state index is 0.358. The number of benzene rings is 1. The molecule has 4 heteroatoms. The molecule has 1 aromatic heterocycles. The number of fused-ring (bicyclic) bond motifs is 1. The quantitative estimate of drug-likeness (QED) is 0.927. The molecule has 2 heterocycles. The number of aryl methyl sites for hydroxylation is 1. The van der Waals surface area contributed by atoms with Crippen LogP contribution in [0.3, 0.4) is 0 Å². The van der Waals surface area contributed by atoms with Crippen LogP contribution in [0, 0.1) is 0 Å². The molecule has 1 unspecified atom stereocenters. The van der Waals surface area contributed by atoms with E-state index in [0.717, 1.165) is 31.7 Å². The van der Waals surface area contributed by atoms with Gasteiger partial charge in [-0.15, -0.1) is 0 Å². The molecule has 0 bridgehead atoms. The first-order valence-corrected chi connectivity index (χ1v) is 7.27. The Morgan fingerprint density at radius 3 is 3.05 bits per heavy atom. The van der Waals surface area contributed by atoms with E-state index >= 15 is 0 Å². The van der Waals surface area contributed by atoms with E-state index in [2.05, 4.69) is 46.3 Å². The van der Waals surface area contributed by atoms with E-state index < -0.39 is 0 Å². The average molecular weight is 271 g/mol. The Morgan fingerprint density at radius 2 is 2.25 bits per heavy atom. The highest BCUT2D eigenvalue weighted by Crippen LogP contribution is 2.40. The summed E-state index contributed by atoms with van der Waals surface area (Å²) in [6.07, 6.45) is 3.99. The minimum absolute atomic E-state index is 0.358. The van der Waals surface area contributed by atoms with Crippen LogP contribution in [-0.4, -0.2) is 23.4 Å². The Balaban J connectivity index is 2.07. The lowest BCUT2D eigenvalue weighted by Crippen LogP contribution is -2.20. The van der Waals surface area contributed by atoms with Crippen LogP contribution in [0.2, 0.25) is 0 Å². The van der Waals surface area contributed by atoms with E-state index in [1.165, 1.54) is 16.9 Å². The van der Waals surface area contributed by atoms with Crippen molar-refractivity contribution >= 4 is 5.69 Å². The van der Waals surface area contributed by atoms with Gasteiger partial charge < -0.3 is 10.1 Å². The molecule has 0 aliphatic carbocycles. The molecule has 106 valence electrons. The molecule has 4 nitrogen and oxygen atoms in total. The van der Waals surface area contributed by atoms with Gasteiger partial charge in [-0.2, -0.15) is 5.10 Å². The molecule has 1 aromatic carbocycles. The van der Waals surface area contributed by atoms with Crippen molar-refractivity contribution in [1.82, 2.24) is 9.78 Å². The predicted molar refractivity (Wildman–Crippen MR) is 80.5 cm³/mol. The maximum absolute atomic E-state index is 5.54. The van der Waals surface area contributed by atoms with Crippen molar-refractivity contribution in [3.05, 3.63) is 41.7 Å². The van der Waals surface area contributed by atoms with E-state index in [-0.39, 0.29) is 0 Å². The molecule has 0 fully saturated rings. The van der Waals surface area contributed by atoms with Gasteiger partial charge in [0.05, 0.1) is 19.0 Å². The Morgan fingerprint density at radius 1 is 1.40 bits per heavy atom. The zero-order valence-corrected chi connectivity index (χ0v) is 12.1. The number of nitrogens with zero attached hydrogens (tertiary/aromatic N) is 2. The number of hydrogen-bond acceptors (Lipinski definition) is 3. The maximum Gasteiger partial charge on any atom is 0.160 e. The molecule has 0 amide bonds. The second kappa shape index (κ2) is 5.57. The van der Waals surface area contributed by atoms with Crippen molar-refractivity contribution in [1.29, 1.82) is 0 Å². The molecule has 1 N–H and O–H groups in total. The fourth-order valence-corrected chi connectivity index (χ4v) is 3.03. The molecule has 0 saturated carbocycles. The lowest BCUT2D eigenvalue weighted by Gasteiger charge is -2.27. The predicted octanol–water partition coefficient (Wildman–Crippen LogP) is 3.25. The van der Waals surface area contributed by atoms with Gasteiger partial charge in [-0.25, -0.2) is 0 Å². The number of para-hydroxylation sites is 1. The first-order chi connectivity index (χ1) is 9.85. The fourth-order valence-electron chi connectivity index (χ4n) is 3.03. The summed E-state index contributed by atoms with van der Waals surface area (Å²) in [4.78, 5) is 0. The van der Waals surface area contributed by atoms with Crippen LogP contribution < -0.4 is 10.1 Å². The third-order valence-electron chi connectivity index (χ3n) is 3.91. The molecule has 0 radical (unpaired) electrons. The summed E-state index contributed by atoms with van der Waals surface area (Å²) in [6, 6.07) is 8.53. The van der Waals surface area contributed by atoms with Crippen LogP contribution in [0.1, 0.15) is 36.9 Å². The van der Waals surface area contributed by atoms with Gasteiger partial charge in [0, 0.05) is 24.7 Å². The van der Waals surface area contributed by atoms with Crippen molar-refractivity contribution in [3.63, 3.8) is 0 Å². The number of aromatic nitrogens is 2. The van der Waals surface area contributed by atoms with E-state index in [1.807, 2.05) is 6.20 Å². The molecular formula is C16H21N3O. The molecule has 1 aliphatic heterocycles. The minimum Gasteiger partial charge on any atom is -0.493 e. The molecule has 0 spiro atoms. The van der Waals surface area contributed by atoms with Gasteiger partial charge in [-0.3, -0.25) is 4.68 Å². The Bertz CT molecular complexity index is 591. The zero-order valence-electron chi connectivity index (χ0n) is 12.1. The van der Waals surface area contributed by atoms with Crippen molar-refractivity contribution in [2.45, 2.75) is 32.2 Å². The summed E-state index contributed by atoms with van der Waals surface area (Å²) in [7, 11) is 1.73. The first kappa shape index (κ1) is 13.0. The van der Waals surface area contributed by atoms with Crippen LogP contribution in [0.15, 0.2) is 30.5 Å².